The van der Waals surface area contributed by atoms with E-state index in [1.54, 1.807) is 11.4 Å². The van der Waals surface area contributed by atoms with Crippen molar-refractivity contribution in [3.63, 3.8) is 0 Å². The average Bonchev–Trinajstić information content (AvgIpc) is 2.78. The van der Waals surface area contributed by atoms with E-state index in [1.807, 2.05) is 0 Å². The minimum atomic E-state index is -1.05. The summed E-state index contributed by atoms with van der Waals surface area (Å²) in [6, 6.07) is 2.88. The van der Waals surface area contributed by atoms with Gasteiger partial charge in [0.2, 0.25) is 0 Å². The summed E-state index contributed by atoms with van der Waals surface area (Å²) in [6.07, 6.45) is 1.38. The van der Waals surface area contributed by atoms with Gasteiger partial charge in [-0.1, -0.05) is 0 Å². The molecule has 0 aliphatic heterocycles. The van der Waals surface area contributed by atoms with Crippen molar-refractivity contribution in [3.8, 4) is 0 Å². The van der Waals surface area contributed by atoms with Gasteiger partial charge in [-0.2, -0.15) is 0 Å². The Kier molecular flexibility index (Phi) is 3.15. The Hall–Kier alpha value is -2.15. The van der Waals surface area contributed by atoms with Gasteiger partial charge in [-0.05, 0) is 17.0 Å². The molecule has 0 spiro atoms. The van der Waals surface area contributed by atoms with Crippen molar-refractivity contribution in [3.05, 3.63) is 55.0 Å². The molecule has 0 fully saturated rings. The highest BCUT2D eigenvalue weighted by Gasteiger charge is 2.13. The van der Waals surface area contributed by atoms with Gasteiger partial charge in [0.1, 0.15) is 4.88 Å². The van der Waals surface area contributed by atoms with Crippen molar-refractivity contribution in [2.75, 3.05) is 0 Å². The molecule has 1 N–H and O–H groups in total. The molecule has 0 radical (unpaired) electrons. The molecule has 0 aromatic carbocycles. The van der Waals surface area contributed by atoms with E-state index in [0.717, 1.165) is 15.9 Å². The Morgan fingerprint density at radius 1 is 1.39 bits per heavy atom. The first-order valence-corrected chi connectivity index (χ1v) is 5.95. The molecular formula is C11H10N2O4S. The zero-order valence-electron chi connectivity index (χ0n) is 9.49. The topological polar surface area (TPSA) is 81.3 Å². The number of aromatic carboxylic acids is 1. The Morgan fingerprint density at radius 2 is 2.11 bits per heavy atom. The minimum absolute atomic E-state index is 0.0303. The highest BCUT2D eigenvalue weighted by Crippen LogP contribution is 2.16. The van der Waals surface area contributed by atoms with Gasteiger partial charge in [-0.3, -0.25) is 9.36 Å². The van der Waals surface area contributed by atoms with Crippen LogP contribution in [0.5, 0.6) is 0 Å². The number of carboxylic acid groups (broad SMARTS) is 1. The van der Waals surface area contributed by atoms with Crippen LogP contribution in [-0.4, -0.2) is 20.2 Å². The molecule has 2 aromatic rings. The fourth-order valence-electron chi connectivity index (χ4n) is 1.58. The normalized spacial score (nSPS) is 10.5. The van der Waals surface area contributed by atoms with Crippen LogP contribution >= 0.6 is 11.3 Å². The molecule has 0 aliphatic rings. The molecule has 0 atom stereocenters. The third-order valence-electron chi connectivity index (χ3n) is 2.51. The summed E-state index contributed by atoms with van der Waals surface area (Å²) in [5.74, 6) is -1.05. The summed E-state index contributed by atoms with van der Waals surface area (Å²) in [5, 5.41) is 10.6. The van der Waals surface area contributed by atoms with Gasteiger partial charge in [0.25, 0.3) is 5.56 Å². The van der Waals surface area contributed by atoms with Crippen LogP contribution < -0.4 is 11.2 Å². The van der Waals surface area contributed by atoms with E-state index in [9.17, 15) is 14.4 Å². The van der Waals surface area contributed by atoms with Gasteiger partial charge in [-0.25, -0.2) is 9.59 Å². The van der Waals surface area contributed by atoms with Crippen LogP contribution in [0.3, 0.4) is 0 Å². The molecule has 0 aliphatic carbocycles. The maximum atomic E-state index is 11.8. The summed E-state index contributed by atoms with van der Waals surface area (Å²) >= 11 is 1.07. The van der Waals surface area contributed by atoms with E-state index < -0.39 is 17.2 Å². The quantitative estimate of drug-likeness (QED) is 0.869. The molecule has 2 heterocycles. The third kappa shape index (κ3) is 2.12. The maximum absolute atomic E-state index is 11.8. The summed E-state index contributed by atoms with van der Waals surface area (Å²) in [6.45, 7) is -0.0303. The van der Waals surface area contributed by atoms with E-state index in [1.165, 1.54) is 23.9 Å². The molecule has 94 valence electrons. The fourth-order valence-corrected chi connectivity index (χ4v) is 2.33. The average molecular weight is 266 g/mol. The number of thiophene rings is 1. The number of aromatic nitrogens is 2. The van der Waals surface area contributed by atoms with Gasteiger partial charge in [0.15, 0.2) is 0 Å². The summed E-state index contributed by atoms with van der Waals surface area (Å²) < 4.78 is 2.28. The first kappa shape index (κ1) is 12.3. The van der Waals surface area contributed by atoms with E-state index in [0.29, 0.717) is 5.56 Å². The first-order chi connectivity index (χ1) is 8.50. The van der Waals surface area contributed by atoms with Crippen molar-refractivity contribution >= 4 is 17.3 Å². The standard InChI is InChI=1S/C11H10N2O4S/c1-12-4-2-8(14)13(11(12)17)6-7-3-5-18-9(7)10(15)16/h2-5H,6H2,1H3,(H,15,16). The number of hydrogen-bond acceptors (Lipinski definition) is 4. The lowest BCUT2D eigenvalue weighted by Gasteiger charge is -2.05. The molecule has 0 unspecified atom stereocenters. The lowest BCUT2D eigenvalue weighted by atomic mass is 10.2. The molecule has 2 rings (SSSR count). The van der Waals surface area contributed by atoms with Gasteiger partial charge in [0, 0.05) is 19.3 Å². The van der Waals surface area contributed by atoms with Crippen molar-refractivity contribution in [1.82, 2.24) is 9.13 Å². The van der Waals surface area contributed by atoms with Gasteiger partial charge >= 0.3 is 11.7 Å². The van der Waals surface area contributed by atoms with E-state index in [2.05, 4.69) is 0 Å². The number of nitrogens with zero attached hydrogens (tertiary/aromatic N) is 2. The predicted octanol–water partition coefficient (Wildman–Crippen LogP) is 0.355. The summed E-state index contributed by atoms with van der Waals surface area (Å²) in [7, 11) is 1.53. The lowest BCUT2D eigenvalue weighted by molar-refractivity contribution is 0.0701. The zero-order chi connectivity index (χ0) is 13.3. The molecule has 0 amide bonds. The van der Waals surface area contributed by atoms with Crippen LogP contribution in [-0.2, 0) is 13.6 Å². The monoisotopic (exact) mass is 266 g/mol. The number of carboxylic acids is 1. The number of hydrogen-bond donors (Lipinski definition) is 1. The SMILES string of the molecule is Cn1ccc(=O)n(Cc2ccsc2C(=O)O)c1=O. The van der Waals surface area contributed by atoms with Crippen LogP contribution in [0.1, 0.15) is 15.2 Å². The molecule has 6 nitrogen and oxygen atoms in total. The van der Waals surface area contributed by atoms with E-state index >= 15 is 0 Å². The lowest BCUT2D eigenvalue weighted by Crippen LogP contribution is -2.38. The van der Waals surface area contributed by atoms with Crippen molar-refractivity contribution in [1.29, 1.82) is 0 Å². The van der Waals surface area contributed by atoms with Crippen LogP contribution in [0.25, 0.3) is 0 Å². The summed E-state index contributed by atoms with van der Waals surface area (Å²) in [5.41, 5.74) is -0.455. The predicted molar refractivity (Wildman–Crippen MR) is 66.3 cm³/mol. The molecule has 2 aromatic heterocycles. The third-order valence-corrected chi connectivity index (χ3v) is 3.45. The fraction of sp³-hybridized carbons (Fsp3) is 0.182. The molecule has 0 saturated heterocycles. The molecule has 0 saturated carbocycles. The zero-order valence-corrected chi connectivity index (χ0v) is 10.3. The van der Waals surface area contributed by atoms with Crippen LogP contribution in [0, 0.1) is 0 Å². The second-order valence-corrected chi connectivity index (χ2v) is 4.63. The summed E-state index contributed by atoms with van der Waals surface area (Å²) in [4.78, 5) is 34.5. The van der Waals surface area contributed by atoms with Crippen LogP contribution in [0.2, 0.25) is 0 Å². The van der Waals surface area contributed by atoms with Crippen molar-refractivity contribution in [2.45, 2.75) is 6.54 Å². The van der Waals surface area contributed by atoms with E-state index in [-0.39, 0.29) is 11.4 Å². The molecular weight excluding hydrogens is 256 g/mol. The van der Waals surface area contributed by atoms with Crippen molar-refractivity contribution in [2.24, 2.45) is 7.05 Å². The highest BCUT2D eigenvalue weighted by molar-refractivity contribution is 7.12. The highest BCUT2D eigenvalue weighted by atomic mass is 32.1. The van der Waals surface area contributed by atoms with Crippen LogP contribution in [0.15, 0.2) is 33.3 Å². The largest absolute Gasteiger partial charge is 0.477 e. The minimum Gasteiger partial charge on any atom is -0.477 e. The maximum Gasteiger partial charge on any atom is 0.346 e. The van der Waals surface area contributed by atoms with E-state index in [4.69, 9.17) is 5.11 Å². The van der Waals surface area contributed by atoms with Gasteiger partial charge in [0.05, 0.1) is 6.54 Å². The number of rotatable bonds is 3. The first-order valence-electron chi connectivity index (χ1n) is 5.07. The van der Waals surface area contributed by atoms with Crippen molar-refractivity contribution < 1.29 is 9.90 Å². The van der Waals surface area contributed by atoms with Crippen LogP contribution in [0.4, 0.5) is 0 Å². The Labute approximate surface area is 105 Å². The Morgan fingerprint density at radius 3 is 2.78 bits per heavy atom. The molecule has 18 heavy (non-hydrogen) atoms. The number of aryl methyl sites for hydroxylation is 1. The van der Waals surface area contributed by atoms with Gasteiger partial charge < -0.3 is 9.67 Å². The molecule has 7 heteroatoms. The Balaban J connectivity index is 2.50. The number of carbonyl (C=O) groups is 1. The Bertz CT molecular complexity index is 710. The smallest absolute Gasteiger partial charge is 0.346 e. The van der Waals surface area contributed by atoms with Gasteiger partial charge in [-0.15, -0.1) is 11.3 Å². The second kappa shape index (κ2) is 4.61. The second-order valence-electron chi connectivity index (χ2n) is 3.71. The molecule has 0 bridgehead atoms.